The number of H-pyrrole nitrogens is 1. The SMILES string of the molecule is Cc1cccc2cc(CCNS(=O)(=O)Cc3ccccc3Cl)c(=O)[nH]c12. The van der Waals surface area contributed by atoms with E-state index in [-0.39, 0.29) is 17.9 Å². The first-order valence-corrected chi connectivity index (χ1v) is 10.2. The predicted octanol–water partition coefficient (Wildman–Crippen LogP) is 3.15. The average Bonchev–Trinajstić information content (AvgIpc) is 2.58. The predicted molar refractivity (Wildman–Crippen MR) is 105 cm³/mol. The van der Waals surface area contributed by atoms with Crippen LogP contribution in [0.4, 0.5) is 0 Å². The van der Waals surface area contributed by atoms with E-state index in [1.807, 2.05) is 31.2 Å². The van der Waals surface area contributed by atoms with Gasteiger partial charge < -0.3 is 4.98 Å². The van der Waals surface area contributed by atoms with Gasteiger partial charge in [0.2, 0.25) is 10.0 Å². The van der Waals surface area contributed by atoms with Crippen molar-refractivity contribution in [2.75, 3.05) is 6.54 Å². The zero-order valence-electron chi connectivity index (χ0n) is 14.3. The fourth-order valence-electron chi connectivity index (χ4n) is 2.83. The molecule has 0 fully saturated rings. The average molecular weight is 391 g/mol. The molecule has 0 bridgehead atoms. The number of hydrogen-bond donors (Lipinski definition) is 2. The zero-order chi connectivity index (χ0) is 18.7. The van der Waals surface area contributed by atoms with Gasteiger partial charge in [0.25, 0.3) is 5.56 Å². The van der Waals surface area contributed by atoms with E-state index in [4.69, 9.17) is 11.6 Å². The summed E-state index contributed by atoms with van der Waals surface area (Å²) in [4.78, 5) is 15.1. The van der Waals surface area contributed by atoms with Crippen LogP contribution >= 0.6 is 11.6 Å². The number of benzene rings is 2. The normalized spacial score (nSPS) is 11.8. The van der Waals surface area contributed by atoms with Gasteiger partial charge in [-0.15, -0.1) is 0 Å². The Morgan fingerprint density at radius 3 is 2.62 bits per heavy atom. The van der Waals surface area contributed by atoms with Crippen LogP contribution in [-0.4, -0.2) is 19.9 Å². The number of aromatic amines is 1. The molecule has 7 heteroatoms. The second-order valence-electron chi connectivity index (χ2n) is 6.16. The Morgan fingerprint density at radius 1 is 1.08 bits per heavy atom. The molecule has 0 aliphatic heterocycles. The van der Waals surface area contributed by atoms with Crippen LogP contribution < -0.4 is 10.3 Å². The van der Waals surface area contributed by atoms with Crippen LogP contribution in [0.15, 0.2) is 53.3 Å². The molecule has 0 amide bonds. The van der Waals surface area contributed by atoms with Crippen molar-refractivity contribution >= 4 is 32.5 Å². The van der Waals surface area contributed by atoms with Crippen molar-refractivity contribution in [2.24, 2.45) is 0 Å². The molecule has 0 saturated heterocycles. The van der Waals surface area contributed by atoms with E-state index in [0.29, 0.717) is 22.6 Å². The van der Waals surface area contributed by atoms with Gasteiger partial charge in [-0.05, 0) is 42.0 Å². The number of fused-ring (bicyclic) bond motifs is 1. The van der Waals surface area contributed by atoms with Crippen molar-refractivity contribution < 1.29 is 8.42 Å². The van der Waals surface area contributed by atoms with E-state index < -0.39 is 10.0 Å². The summed E-state index contributed by atoms with van der Waals surface area (Å²) in [7, 11) is -3.54. The first-order valence-electron chi connectivity index (χ1n) is 8.18. The zero-order valence-corrected chi connectivity index (χ0v) is 15.8. The number of rotatable bonds is 6. The summed E-state index contributed by atoms with van der Waals surface area (Å²) in [6.45, 7) is 2.08. The molecular formula is C19H19ClN2O3S. The van der Waals surface area contributed by atoms with Gasteiger partial charge in [-0.3, -0.25) is 4.79 Å². The van der Waals surface area contributed by atoms with E-state index in [0.717, 1.165) is 16.5 Å². The van der Waals surface area contributed by atoms with Crippen LogP contribution in [-0.2, 0) is 22.2 Å². The van der Waals surface area contributed by atoms with Crippen molar-refractivity contribution in [1.82, 2.24) is 9.71 Å². The van der Waals surface area contributed by atoms with Gasteiger partial charge in [0.1, 0.15) is 0 Å². The Labute approximate surface area is 157 Å². The molecule has 2 N–H and O–H groups in total. The molecule has 5 nitrogen and oxygen atoms in total. The van der Waals surface area contributed by atoms with Crippen molar-refractivity contribution in [1.29, 1.82) is 0 Å². The maximum Gasteiger partial charge on any atom is 0.251 e. The third-order valence-corrected chi connectivity index (χ3v) is 5.89. The van der Waals surface area contributed by atoms with Gasteiger partial charge in [-0.1, -0.05) is 48.0 Å². The number of halogens is 1. The molecule has 0 aliphatic rings. The summed E-state index contributed by atoms with van der Waals surface area (Å²) in [5.41, 5.74) is 2.69. The molecule has 26 heavy (non-hydrogen) atoms. The Kier molecular flexibility index (Phi) is 5.46. The fraction of sp³-hybridized carbons (Fsp3) is 0.211. The first kappa shape index (κ1) is 18.6. The summed E-state index contributed by atoms with van der Waals surface area (Å²) >= 11 is 6.01. The van der Waals surface area contributed by atoms with Crippen molar-refractivity contribution in [3.63, 3.8) is 0 Å². The Morgan fingerprint density at radius 2 is 1.85 bits per heavy atom. The molecule has 3 aromatic rings. The monoisotopic (exact) mass is 390 g/mol. The van der Waals surface area contributed by atoms with Crippen molar-refractivity contribution in [3.05, 3.63) is 80.6 Å². The third kappa shape index (κ3) is 4.33. The molecule has 0 radical (unpaired) electrons. The van der Waals surface area contributed by atoms with E-state index in [1.54, 1.807) is 24.3 Å². The topological polar surface area (TPSA) is 79.0 Å². The first-order chi connectivity index (χ1) is 12.4. The van der Waals surface area contributed by atoms with Crippen molar-refractivity contribution in [2.45, 2.75) is 19.1 Å². The lowest BCUT2D eigenvalue weighted by molar-refractivity contribution is 0.580. The third-order valence-electron chi connectivity index (χ3n) is 4.18. The minimum Gasteiger partial charge on any atom is -0.321 e. The second kappa shape index (κ2) is 7.61. The minimum absolute atomic E-state index is 0.146. The Balaban J connectivity index is 1.69. The highest BCUT2D eigenvalue weighted by Crippen LogP contribution is 2.17. The maximum atomic E-state index is 12.2. The number of para-hydroxylation sites is 1. The van der Waals surface area contributed by atoms with E-state index >= 15 is 0 Å². The lowest BCUT2D eigenvalue weighted by Crippen LogP contribution is -2.28. The van der Waals surface area contributed by atoms with Crippen LogP contribution in [0.25, 0.3) is 10.9 Å². The highest BCUT2D eigenvalue weighted by Gasteiger charge is 2.14. The Hall–Kier alpha value is -2.15. The van der Waals surface area contributed by atoms with Gasteiger partial charge in [-0.2, -0.15) is 0 Å². The second-order valence-corrected chi connectivity index (χ2v) is 8.37. The van der Waals surface area contributed by atoms with E-state index in [9.17, 15) is 13.2 Å². The molecule has 136 valence electrons. The molecule has 0 spiro atoms. The highest BCUT2D eigenvalue weighted by atomic mass is 35.5. The molecule has 2 aromatic carbocycles. The molecule has 1 aromatic heterocycles. The van der Waals surface area contributed by atoms with Gasteiger partial charge in [-0.25, -0.2) is 13.1 Å². The molecule has 0 aliphatic carbocycles. The number of pyridine rings is 1. The van der Waals surface area contributed by atoms with Gasteiger partial charge in [0.15, 0.2) is 0 Å². The number of sulfonamides is 1. The van der Waals surface area contributed by atoms with Crippen LogP contribution in [0.5, 0.6) is 0 Å². The summed E-state index contributed by atoms with van der Waals surface area (Å²) in [6.07, 6.45) is 0.307. The van der Waals surface area contributed by atoms with Crippen LogP contribution in [0.3, 0.4) is 0 Å². The van der Waals surface area contributed by atoms with E-state index in [1.165, 1.54) is 0 Å². The number of aromatic nitrogens is 1. The largest absolute Gasteiger partial charge is 0.321 e. The number of aryl methyl sites for hydroxylation is 1. The fourth-order valence-corrected chi connectivity index (χ4v) is 4.28. The maximum absolute atomic E-state index is 12.2. The summed E-state index contributed by atoms with van der Waals surface area (Å²) in [6, 6.07) is 14.4. The molecule has 0 saturated carbocycles. The quantitative estimate of drug-likeness (QED) is 0.678. The molecule has 3 rings (SSSR count). The molecule has 0 unspecified atom stereocenters. The van der Waals surface area contributed by atoms with Crippen LogP contribution in [0.2, 0.25) is 5.02 Å². The van der Waals surface area contributed by atoms with Crippen LogP contribution in [0, 0.1) is 6.92 Å². The highest BCUT2D eigenvalue weighted by molar-refractivity contribution is 7.88. The van der Waals surface area contributed by atoms with Crippen molar-refractivity contribution in [3.8, 4) is 0 Å². The molecular weight excluding hydrogens is 372 g/mol. The summed E-state index contributed by atoms with van der Waals surface area (Å²) < 4.78 is 27.0. The molecule has 0 atom stereocenters. The van der Waals surface area contributed by atoms with Crippen LogP contribution in [0.1, 0.15) is 16.7 Å². The van der Waals surface area contributed by atoms with Gasteiger partial charge in [0, 0.05) is 17.1 Å². The smallest absolute Gasteiger partial charge is 0.251 e. The summed E-state index contributed by atoms with van der Waals surface area (Å²) in [5.74, 6) is -0.194. The lowest BCUT2D eigenvalue weighted by atomic mass is 10.1. The van der Waals surface area contributed by atoms with Gasteiger partial charge >= 0.3 is 0 Å². The Bertz CT molecular complexity index is 1110. The lowest BCUT2D eigenvalue weighted by Gasteiger charge is -2.09. The van der Waals surface area contributed by atoms with Gasteiger partial charge in [0.05, 0.1) is 11.3 Å². The van der Waals surface area contributed by atoms with E-state index in [2.05, 4.69) is 9.71 Å². The minimum atomic E-state index is -3.54. The standard InChI is InChI=1S/C19H19ClN2O3S/c1-13-5-4-7-14-11-15(19(23)22-18(13)14)9-10-21-26(24,25)12-16-6-2-3-8-17(16)20/h2-8,11,21H,9-10,12H2,1H3,(H,22,23). The summed E-state index contributed by atoms with van der Waals surface area (Å²) in [5, 5.41) is 1.35. The number of hydrogen-bond acceptors (Lipinski definition) is 3. The molecule has 1 heterocycles. The number of nitrogens with one attached hydrogen (secondary N) is 2.